The second-order valence-corrected chi connectivity index (χ2v) is 5.46. The van der Waals surface area contributed by atoms with Gasteiger partial charge in [-0.1, -0.05) is 43.3 Å². The van der Waals surface area contributed by atoms with Crippen molar-refractivity contribution < 1.29 is 4.79 Å². The number of para-hydroxylation sites is 1. The van der Waals surface area contributed by atoms with Gasteiger partial charge in [0.05, 0.1) is 0 Å². The van der Waals surface area contributed by atoms with Gasteiger partial charge in [0, 0.05) is 23.0 Å². The van der Waals surface area contributed by atoms with Crippen LogP contribution in [0.25, 0.3) is 0 Å². The van der Waals surface area contributed by atoms with Crippen LogP contribution < -0.4 is 5.32 Å². The highest BCUT2D eigenvalue weighted by atomic mass is 16.1. The number of hydrogen-bond acceptors (Lipinski definition) is 2. The minimum absolute atomic E-state index is 0. The molecule has 0 spiro atoms. The highest BCUT2D eigenvalue weighted by molar-refractivity contribution is 6.07. The SMILES string of the molecule is C.CC(=CC(=O)c1c(C)cc(C)cc1C)Nc1ccccc1. The van der Waals surface area contributed by atoms with Crippen LogP contribution in [-0.4, -0.2) is 5.78 Å². The second-order valence-electron chi connectivity index (χ2n) is 5.46. The summed E-state index contributed by atoms with van der Waals surface area (Å²) < 4.78 is 0. The highest BCUT2D eigenvalue weighted by Crippen LogP contribution is 2.18. The number of rotatable bonds is 4. The van der Waals surface area contributed by atoms with Crippen molar-refractivity contribution in [2.75, 3.05) is 5.32 Å². The molecular formula is C20H25NO. The van der Waals surface area contributed by atoms with Gasteiger partial charge in [0.25, 0.3) is 0 Å². The van der Waals surface area contributed by atoms with Crippen LogP contribution in [0.2, 0.25) is 0 Å². The van der Waals surface area contributed by atoms with Crippen LogP contribution in [0.4, 0.5) is 5.69 Å². The highest BCUT2D eigenvalue weighted by Gasteiger charge is 2.11. The van der Waals surface area contributed by atoms with Crippen molar-refractivity contribution in [3.63, 3.8) is 0 Å². The van der Waals surface area contributed by atoms with Crippen LogP contribution in [0.3, 0.4) is 0 Å². The third-order valence-corrected chi connectivity index (χ3v) is 3.39. The average molecular weight is 295 g/mol. The fourth-order valence-electron chi connectivity index (χ4n) is 2.62. The maximum Gasteiger partial charge on any atom is 0.188 e. The molecule has 0 saturated carbocycles. The van der Waals surface area contributed by atoms with Crippen LogP contribution in [0.1, 0.15) is 41.4 Å². The number of carbonyl (C=O) groups is 1. The lowest BCUT2D eigenvalue weighted by Crippen LogP contribution is -2.05. The molecule has 2 nitrogen and oxygen atoms in total. The average Bonchev–Trinajstić information content (AvgIpc) is 2.38. The zero-order valence-corrected chi connectivity index (χ0v) is 13.0. The Morgan fingerprint density at radius 2 is 1.55 bits per heavy atom. The van der Waals surface area contributed by atoms with Crippen LogP contribution in [0.5, 0.6) is 0 Å². The van der Waals surface area contributed by atoms with E-state index in [2.05, 4.69) is 5.32 Å². The number of aryl methyl sites for hydroxylation is 3. The number of ketones is 1. The maximum absolute atomic E-state index is 12.5. The van der Waals surface area contributed by atoms with Gasteiger partial charge in [-0.05, 0) is 51.0 Å². The summed E-state index contributed by atoms with van der Waals surface area (Å²) in [5.41, 5.74) is 5.86. The van der Waals surface area contributed by atoms with Crippen LogP contribution >= 0.6 is 0 Å². The minimum Gasteiger partial charge on any atom is -0.359 e. The van der Waals surface area contributed by atoms with E-state index in [-0.39, 0.29) is 13.2 Å². The quantitative estimate of drug-likeness (QED) is 0.600. The molecule has 1 N–H and O–H groups in total. The second kappa shape index (κ2) is 7.60. The summed E-state index contributed by atoms with van der Waals surface area (Å²) in [6, 6.07) is 13.9. The minimum atomic E-state index is 0. The largest absolute Gasteiger partial charge is 0.359 e. The predicted molar refractivity (Wildman–Crippen MR) is 95.5 cm³/mol. The van der Waals surface area contributed by atoms with Gasteiger partial charge in [0.1, 0.15) is 0 Å². The van der Waals surface area contributed by atoms with Gasteiger partial charge >= 0.3 is 0 Å². The molecule has 0 heterocycles. The smallest absolute Gasteiger partial charge is 0.188 e. The fraction of sp³-hybridized carbons (Fsp3) is 0.250. The zero-order chi connectivity index (χ0) is 15.4. The summed E-state index contributed by atoms with van der Waals surface area (Å²) in [6.45, 7) is 7.93. The Kier molecular flexibility index (Phi) is 6.11. The Morgan fingerprint density at radius 3 is 2.09 bits per heavy atom. The molecule has 2 aromatic carbocycles. The van der Waals surface area contributed by atoms with E-state index in [0.29, 0.717) is 0 Å². The van der Waals surface area contributed by atoms with Gasteiger partial charge in [-0.15, -0.1) is 0 Å². The number of hydrogen-bond donors (Lipinski definition) is 1. The number of nitrogens with one attached hydrogen (secondary N) is 1. The normalized spacial score (nSPS) is 10.8. The Labute approximate surface area is 133 Å². The summed E-state index contributed by atoms with van der Waals surface area (Å²) in [6.07, 6.45) is 1.66. The molecule has 2 rings (SSSR count). The van der Waals surface area contributed by atoms with Gasteiger partial charge in [-0.2, -0.15) is 0 Å². The van der Waals surface area contributed by atoms with Gasteiger partial charge < -0.3 is 5.32 Å². The first kappa shape index (κ1) is 17.7. The Hall–Kier alpha value is -2.35. The van der Waals surface area contributed by atoms with E-state index in [9.17, 15) is 4.79 Å². The molecule has 0 aliphatic rings. The van der Waals surface area contributed by atoms with E-state index >= 15 is 0 Å². The Morgan fingerprint density at radius 1 is 1.00 bits per heavy atom. The summed E-state index contributed by atoms with van der Waals surface area (Å²) in [5, 5.41) is 3.23. The van der Waals surface area contributed by atoms with Gasteiger partial charge in [0.15, 0.2) is 5.78 Å². The Bertz CT molecular complexity index is 661. The molecule has 0 aliphatic heterocycles. The molecule has 2 aromatic rings. The Balaban J connectivity index is 0.00000242. The van der Waals surface area contributed by atoms with E-state index in [1.54, 1.807) is 6.08 Å². The van der Waals surface area contributed by atoms with Crippen molar-refractivity contribution in [1.82, 2.24) is 0 Å². The van der Waals surface area contributed by atoms with Gasteiger partial charge in [-0.3, -0.25) is 4.79 Å². The number of allylic oxidation sites excluding steroid dienone is 2. The predicted octanol–water partition coefficient (Wildman–Crippen LogP) is 5.45. The third kappa shape index (κ3) is 4.32. The van der Waals surface area contributed by atoms with Crippen molar-refractivity contribution in [1.29, 1.82) is 0 Å². The van der Waals surface area contributed by atoms with Gasteiger partial charge in [0.2, 0.25) is 0 Å². The summed E-state index contributed by atoms with van der Waals surface area (Å²) >= 11 is 0. The standard InChI is InChI=1S/C19H21NO.CH4/c1-13-10-14(2)19(15(3)11-13)18(21)12-16(4)20-17-8-6-5-7-9-17;/h5-12,20H,1-4H3;1H4. The van der Waals surface area contributed by atoms with Gasteiger partial charge in [-0.25, -0.2) is 0 Å². The van der Waals surface area contributed by atoms with E-state index in [0.717, 1.165) is 28.1 Å². The molecule has 0 atom stereocenters. The summed E-state index contributed by atoms with van der Waals surface area (Å²) in [7, 11) is 0. The molecule has 0 aliphatic carbocycles. The fourth-order valence-corrected chi connectivity index (χ4v) is 2.62. The molecule has 0 unspecified atom stereocenters. The summed E-state index contributed by atoms with van der Waals surface area (Å²) in [4.78, 5) is 12.5. The molecule has 116 valence electrons. The number of anilines is 1. The summed E-state index contributed by atoms with van der Waals surface area (Å²) in [5.74, 6) is 0.0472. The molecule has 0 bridgehead atoms. The van der Waals surface area contributed by atoms with E-state index < -0.39 is 0 Å². The van der Waals surface area contributed by atoms with Crippen molar-refractivity contribution in [2.24, 2.45) is 0 Å². The van der Waals surface area contributed by atoms with E-state index in [1.165, 1.54) is 5.56 Å². The number of carbonyl (C=O) groups excluding carboxylic acids is 1. The topological polar surface area (TPSA) is 29.1 Å². The lowest BCUT2D eigenvalue weighted by molar-refractivity contribution is 0.104. The van der Waals surface area contributed by atoms with E-state index in [1.807, 2.05) is 70.2 Å². The first-order chi connectivity index (χ1) is 9.97. The molecule has 0 aromatic heterocycles. The first-order valence-electron chi connectivity index (χ1n) is 7.10. The van der Waals surface area contributed by atoms with Crippen LogP contribution in [0.15, 0.2) is 54.2 Å². The van der Waals surface area contributed by atoms with Crippen LogP contribution in [0, 0.1) is 20.8 Å². The lowest BCUT2D eigenvalue weighted by Gasteiger charge is -2.10. The third-order valence-electron chi connectivity index (χ3n) is 3.39. The van der Waals surface area contributed by atoms with Crippen molar-refractivity contribution >= 4 is 11.5 Å². The maximum atomic E-state index is 12.5. The zero-order valence-electron chi connectivity index (χ0n) is 13.0. The first-order valence-corrected chi connectivity index (χ1v) is 7.10. The van der Waals surface area contributed by atoms with E-state index in [4.69, 9.17) is 0 Å². The van der Waals surface area contributed by atoms with Crippen molar-refractivity contribution in [3.8, 4) is 0 Å². The number of benzene rings is 2. The molecule has 0 amide bonds. The molecule has 0 saturated heterocycles. The molecule has 0 radical (unpaired) electrons. The van der Waals surface area contributed by atoms with Crippen molar-refractivity contribution in [3.05, 3.63) is 76.5 Å². The van der Waals surface area contributed by atoms with Crippen LogP contribution in [-0.2, 0) is 0 Å². The van der Waals surface area contributed by atoms with Crippen molar-refractivity contribution in [2.45, 2.75) is 35.1 Å². The monoisotopic (exact) mass is 295 g/mol. The molecule has 0 fully saturated rings. The molecular weight excluding hydrogens is 270 g/mol. The molecule has 2 heteroatoms. The molecule has 22 heavy (non-hydrogen) atoms. The lowest BCUT2D eigenvalue weighted by atomic mass is 9.96.